The normalized spacial score (nSPS) is 18.2. The van der Waals surface area contributed by atoms with E-state index in [4.69, 9.17) is 0 Å². The Kier molecular flexibility index (Phi) is 5.95. The molecule has 6 heteroatoms. The number of carbonyl (C=O) groups is 1. The molecule has 21 heavy (non-hydrogen) atoms. The molecule has 0 saturated carbocycles. The first-order valence-corrected chi connectivity index (χ1v) is 7.49. The molecule has 0 radical (unpaired) electrons. The molecular formula is C15H24N4O2. The van der Waals surface area contributed by atoms with Gasteiger partial charge in [-0.3, -0.25) is 4.98 Å². The molecule has 6 nitrogen and oxygen atoms in total. The zero-order chi connectivity index (χ0) is 15.1. The standard InChI is InChI=1S/C15H24N4O2/c1-12-4-7-19(8-5-12)11-14(20)10-17-15(21)18-13-3-2-6-16-9-13/h2-3,6,9,12,14,20H,4-5,7-8,10-11H2,1H3,(H2,17,18,21). The Hall–Kier alpha value is -1.66. The van der Waals surface area contributed by atoms with E-state index in [9.17, 15) is 9.90 Å². The molecule has 1 fully saturated rings. The van der Waals surface area contributed by atoms with Crippen LogP contribution in [-0.4, -0.2) is 53.3 Å². The maximum Gasteiger partial charge on any atom is 0.319 e. The second-order valence-corrected chi connectivity index (χ2v) is 5.71. The van der Waals surface area contributed by atoms with E-state index in [1.165, 1.54) is 12.8 Å². The molecule has 2 heterocycles. The van der Waals surface area contributed by atoms with Crippen LogP contribution in [0, 0.1) is 5.92 Å². The van der Waals surface area contributed by atoms with Gasteiger partial charge < -0.3 is 20.6 Å². The number of anilines is 1. The Morgan fingerprint density at radius 2 is 2.29 bits per heavy atom. The Balaban J connectivity index is 1.64. The molecule has 1 aromatic heterocycles. The minimum atomic E-state index is -0.543. The lowest BCUT2D eigenvalue weighted by Crippen LogP contribution is -2.43. The highest BCUT2D eigenvalue weighted by atomic mass is 16.3. The average molecular weight is 292 g/mol. The fourth-order valence-corrected chi connectivity index (χ4v) is 2.43. The van der Waals surface area contributed by atoms with Crippen molar-refractivity contribution in [1.29, 1.82) is 0 Å². The Labute approximate surface area is 125 Å². The Bertz CT molecular complexity index is 433. The van der Waals surface area contributed by atoms with Gasteiger partial charge in [-0.2, -0.15) is 0 Å². The number of hydrogen-bond donors (Lipinski definition) is 3. The minimum absolute atomic E-state index is 0.248. The molecule has 1 aliphatic rings. The van der Waals surface area contributed by atoms with Crippen LogP contribution >= 0.6 is 0 Å². The molecule has 0 aliphatic carbocycles. The quantitative estimate of drug-likeness (QED) is 0.764. The number of amides is 2. The van der Waals surface area contributed by atoms with Crippen molar-refractivity contribution in [1.82, 2.24) is 15.2 Å². The van der Waals surface area contributed by atoms with Crippen molar-refractivity contribution in [3.8, 4) is 0 Å². The number of aliphatic hydroxyl groups is 1. The van der Waals surface area contributed by atoms with Crippen LogP contribution in [0.1, 0.15) is 19.8 Å². The van der Waals surface area contributed by atoms with Gasteiger partial charge in [-0.1, -0.05) is 6.92 Å². The first-order valence-electron chi connectivity index (χ1n) is 7.49. The average Bonchev–Trinajstić information content (AvgIpc) is 2.49. The Morgan fingerprint density at radius 1 is 1.52 bits per heavy atom. The van der Waals surface area contributed by atoms with Crippen LogP contribution in [0.25, 0.3) is 0 Å². The van der Waals surface area contributed by atoms with Crippen molar-refractivity contribution in [3.05, 3.63) is 24.5 Å². The molecule has 1 saturated heterocycles. The van der Waals surface area contributed by atoms with Crippen molar-refractivity contribution in [2.45, 2.75) is 25.9 Å². The Morgan fingerprint density at radius 3 is 2.95 bits per heavy atom. The fourth-order valence-electron chi connectivity index (χ4n) is 2.43. The largest absolute Gasteiger partial charge is 0.390 e. The van der Waals surface area contributed by atoms with Crippen LogP contribution in [0.2, 0.25) is 0 Å². The highest BCUT2D eigenvalue weighted by molar-refractivity contribution is 5.88. The van der Waals surface area contributed by atoms with Crippen LogP contribution in [0.15, 0.2) is 24.5 Å². The lowest BCUT2D eigenvalue weighted by atomic mass is 9.99. The van der Waals surface area contributed by atoms with E-state index in [1.54, 1.807) is 24.5 Å². The second kappa shape index (κ2) is 7.95. The number of nitrogens with zero attached hydrogens (tertiary/aromatic N) is 2. The van der Waals surface area contributed by atoms with Crippen molar-refractivity contribution < 1.29 is 9.90 Å². The van der Waals surface area contributed by atoms with Gasteiger partial charge in [0.1, 0.15) is 0 Å². The number of likely N-dealkylation sites (tertiary alicyclic amines) is 1. The summed E-state index contributed by atoms with van der Waals surface area (Å²) in [5, 5.41) is 15.3. The molecule has 1 atom stereocenters. The maximum absolute atomic E-state index is 11.7. The fraction of sp³-hybridized carbons (Fsp3) is 0.600. The number of piperidine rings is 1. The van der Waals surface area contributed by atoms with E-state index in [2.05, 4.69) is 27.4 Å². The zero-order valence-electron chi connectivity index (χ0n) is 12.5. The number of aromatic nitrogens is 1. The predicted octanol–water partition coefficient (Wildman–Crippen LogP) is 1.30. The summed E-state index contributed by atoms with van der Waals surface area (Å²) in [5.74, 6) is 0.779. The van der Waals surface area contributed by atoms with Gasteiger partial charge in [0.2, 0.25) is 0 Å². The highest BCUT2D eigenvalue weighted by Crippen LogP contribution is 2.15. The van der Waals surface area contributed by atoms with Gasteiger partial charge >= 0.3 is 6.03 Å². The number of rotatable bonds is 5. The summed E-state index contributed by atoms with van der Waals surface area (Å²) < 4.78 is 0. The number of hydrogen-bond acceptors (Lipinski definition) is 4. The van der Waals surface area contributed by atoms with Gasteiger partial charge in [0.25, 0.3) is 0 Å². The van der Waals surface area contributed by atoms with Gasteiger partial charge in [-0.05, 0) is 44.0 Å². The smallest absolute Gasteiger partial charge is 0.319 e. The van der Waals surface area contributed by atoms with Crippen molar-refractivity contribution in [2.75, 3.05) is 31.5 Å². The lowest BCUT2D eigenvalue weighted by Gasteiger charge is -2.31. The molecule has 1 aromatic rings. The third-order valence-corrected chi connectivity index (χ3v) is 3.76. The van der Waals surface area contributed by atoms with Crippen LogP contribution < -0.4 is 10.6 Å². The monoisotopic (exact) mass is 292 g/mol. The zero-order valence-corrected chi connectivity index (χ0v) is 12.5. The number of nitrogens with one attached hydrogen (secondary N) is 2. The summed E-state index contributed by atoms with van der Waals surface area (Å²) in [4.78, 5) is 17.9. The molecular weight excluding hydrogens is 268 g/mol. The number of β-amino-alcohol motifs (C(OH)–C–C–N with tert-alkyl or cyclic N) is 1. The third-order valence-electron chi connectivity index (χ3n) is 3.76. The van der Waals surface area contributed by atoms with E-state index in [-0.39, 0.29) is 12.6 Å². The van der Waals surface area contributed by atoms with Crippen molar-refractivity contribution >= 4 is 11.7 Å². The van der Waals surface area contributed by atoms with Gasteiger partial charge in [-0.25, -0.2) is 4.79 Å². The first-order chi connectivity index (χ1) is 10.1. The van der Waals surface area contributed by atoms with E-state index < -0.39 is 6.10 Å². The summed E-state index contributed by atoms with van der Waals surface area (Å²) in [7, 11) is 0. The van der Waals surface area contributed by atoms with E-state index in [1.807, 2.05) is 0 Å². The number of aliphatic hydroxyl groups excluding tert-OH is 1. The summed E-state index contributed by atoms with van der Waals surface area (Å²) in [6, 6.07) is 3.19. The highest BCUT2D eigenvalue weighted by Gasteiger charge is 2.18. The second-order valence-electron chi connectivity index (χ2n) is 5.71. The summed E-state index contributed by atoms with van der Waals surface area (Å²) >= 11 is 0. The molecule has 1 aliphatic heterocycles. The summed E-state index contributed by atoms with van der Waals surface area (Å²) in [6.07, 6.45) is 5.04. The molecule has 3 N–H and O–H groups in total. The number of carbonyl (C=O) groups excluding carboxylic acids is 1. The van der Waals surface area contributed by atoms with E-state index in [0.717, 1.165) is 19.0 Å². The minimum Gasteiger partial charge on any atom is -0.390 e. The molecule has 1 unspecified atom stereocenters. The van der Waals surface area contributed by atoms with Gasteiger partial charge in [0, 0.05) is 19.3 Å². The van der Waals surface area contributed by atoms with E-state index in [0.29, 0.717) is 12.2 Å². The van der Waals surface area contributed by atoms with Crippen LogP contribution in [0.4, 0.5) is 10.5 Å². The number of pyridine rings is 1. The molecule has 2 amide bonds. The van der Waals surface area contributed by atoms with Gasteiger partial charge in [0.05, 0.1) is 18.0 Å². The van der Waals surface area contributed by atoms with E-state index >= 15 is 0 Å². The SMILES string of the molecule is CC1CCN(CC(O)CNC(=O)Nc2cccnc2)CC1. The molecule has 0 bridgehead atoms. The predicted molar refractivity (Wildman–Crippen MR) is 82.1 cm³/mol. The third kappa shape index (κ3) is 5.69. The van der Waals surface area contributed by atoms with Crippen LogP contribution in [0.5, 0.6) is 0 Å². The van der Waals surface area contributed by atoms with Gasteiger partial charge in [0.15, 0.2) is 0 Å². The number of urea groups is 1. The van der Waals surface area contributed by atoms with Crippen molar-refractivity contribution in [3.63, 3.8) is 0 Å². The van der Waals surface area contributed by atoms with Crippen molar-refractivity contribution in [2.24, 2.45) is 5.92 Å². The van der Waals surface area contributed by atoms with Crippen LogP contribution in [-0.2, 0) is 0 Å². The van der Waals surface area contributed by atoms with Gasteiger partial charge in [-0.15, -0.1) is 0 Å². The molecule has 0 spiro atoms. The molecule has 116 valence electrons. The summed E-state index contributed by atoms with van der Waals surface area (Å²) in [5.41, 5.74) is 0.634. The first kappa shape index (κ1) is 15.7. The maximum atomic E-state index is 11.7. The summed E-state index contributed by atoms with van der Waals surface area (Å²) in [6.45, 7) is 5.18. The van der Waals surface area contributed by atoms with Crippen LogP contribution in [0.3, 0.4) is 0 Å². The lowest BCUT2D eigenvalue weighted by molar-refractivity contribution is 0.0924. The molecule has 2 rings (SSSR count). The molecule has 0 aromatic carbocycles. The topological polar surface area (TPSA) is 77.5 Å².